The molecule has 202 valence electrons. The van der Waals surface area contributed by atoms with Gasteiger partial charge in [0.2, 0.25) is 0 Å². The van der Waals surface area contributed by atoms with E-state index in [2.05, 4.69) is 29.8 Å². The van der Waals surface area contributed by atoms with Crippen molar-refractivity contribution in [2.75, 3.05) is 0 Å². The molecule has 0 fully saturated rings. The minimum atomic E-state index is -4.90. The molecule has 4 rings (SSSR count). The van der Waals surface area contributed by atoms with Crippen LogP contribution < -0.4 is 0 Å². The van der Waals surface area contributed by atoms with Gasteiger partial charge in [0, 0.05) is 15.7 Å². The van der Waals surface area contributed by atoms with Gasteiger partial charge in [-0.1, -0.05) is 22.7 Å². The van der Waals surface area contributed by atoms with Gasteiger partial charge in [-0.15, -0.1) is 4.33 Å². The molecule has 0 atom stereocenters. The lowest BCUT2D eigenvalue weighted by Gasteiger charge is -2.11. The number of hydrogen-bond donors (Lipinski definition) is 3. The van der Waals surface area contributed by atoms with Gasteiger partial charge in [-0.3, -0.25) is 9.11 Å². The molecule has 4 aromatic carbocycles. The van der Waals surface area contributed by atoms with Gasteiger partial charge in [-0.05, 0) is 67.6 Å². The highest BCUT2D eigenvalue weighted by atomic mass is 32.2. The summed E-state index contributed by atoms with van der Waals surface area (Å²) in [6.45, 7) is 1.96. The number of rotatable bonds is 9. The predicted molar refractivity (Wildman–Crippen MR) is 140 cm³/mol. The molecule has 16 heteroatoms. The standard InChI is InChI=1S/C23H18N4O9S3/c1-14-2-4-15(5-3-14)24-25-16-6-8-17(9-7-16)26-27-18-10-20-21(22(11-18)38(29,30)31)12-19(37-36-35-28)13-23(20)39(32,33)34/h2-13,28H,1H3,(H,29,30,31)(H,32,33,34). The molecule has 0 saturated heterocycles. The molecule has 0 aromatic heterocycles. The molecule has 0 aliphatic heterocycles. The lowest BCUT2D eigenvalue weighted by atomic mass is 10.1. The Labute approximate surface area is 226 Å². The molecule has 13 nitrogen and oxygen atoms in total. The van der Waals surface area contributed by atoms with Gasteiger partial charge in [-0.2, -0.15) is 37.3 Å². The van der Waals surface area contributed by atoms with Gasteiger partial charge in [0.25, 0.3) is 20.2 Å². The summed E-state index contributed by atoms with van der Waals surface area (Å²) in [5.74, 6) is 0. The third kappa shape index (κ3) is 7.28. The number of azo groups is 2. The largest absolute Gasteiger partial charge is 0.295 e. The Morgan fingerprint density at radius 2 is 1.08 bits per heavy atom. The molecule has 0 spiro atoms. The molecule has 39 heavy (non-hydrogen) atoms. The van der Waals surface area contributed by atoms with E-state index < -0.39 is 30.0 Å². The molecule has 0 heterocycles. The van der Waals surface area contributed by atoms with Crippen molar-refractivity contribution >= 4 is 65.8 Å². The first-order valence-corrected chi connectivity index (χ1v) is 14.3. The number of aryl methyl sites for hydroxylation is 1. The van der Waals surface area contributed by atoms with Gasteiger partial charge >= 0.3 is 0 Å². The summed E-state index contributed by atoms with van der Waals surface area (Å²) < 4.78 is 72.2. The van der Waals surface area contributed by atoms with E-state index in [0.717, 1.165) is 23.8 Å². The van der Waals surface area contributed by atoms with Crippen molar-refractivity contribution in [3.8, 4) is 0 Å². The van der Waals surface area contributed by atoms with Crippen LogP contribution in [0.3, 0.4) is 0 Å². The predicted octanol–water partition coefficient (Wildman–Crippen LogP) is 6.90. The number of fused-ring (bicyclic) bond motifs is 1. The fourth-order valence-electron chi connectivity index (χ4n) is 3.37. The maximum absolute atomic E-state index is 12.1. The van der Waals surface area contributed by atoms with E-state index in [-0.39, 0.29) is 21.4 Å². The zero-order valence-corrected chi connectivity index (χ0v) is 22.2. The van der Waals surface area contributed by atoms with Crippen LogP contribution in [0.4, 0.5) is 22.7 Å². The second kappa shape index (κ2) is 11.6. The van der Waals surface area contributed by atoms with Crippen LogP contribution in [0.2, 0.25) is 0 Å². The fraction of sp³-hybridized carbons (Fsp3) is 0.0435. The lowest BCUT2D eigenvalue weighted by molar-refractivity contribution is -0.432. The molecular weight excluding hydrogens is 572 g/mol. The summed E-state index contributed by atoms with van der Waals surface area (Å²) in [5, 5.41) is 27.5. The zero-order valence-electron chi connectivity index (χ0n) is 19.7. The summed E-state index contributed by atoms with van der Waals surface area (Å²) in [6.07, 6.45) is 0. The molecule has 0 saturated carbocycles. The van der Waals surface area contributed by atoms with Crippen LogP contribution >= 0.6 is 12.0 Å². The van der Waals surface area contributed by atoms with E-state index >= 15 is 0 Å². The summed E-state index contributed by atoms with van der Waals surface area (Å²) in [7, 11) is -9.80. The topological polar surface area (TPSA) is 197 Å². The lowest BCUT2D eigenvalue weighted by Crippen LogP contribution is -2.03. The van der Waals surface area contributed by atoms with E-state index in [1.807, 2.05) is 31.2 Å². The summed E-state index contributed by atoms with van der Waals surface area (Å²) in [4.78, 5) is -1.50. The maximum Gasteiger partial charge on any atom is 0.295 e. The van der Waals surface area contributed by atoms with Crippen LogP contribution in [-0.2, 0) is 29.6 Å². The minimum absolute atomic E-state index is 0.0805. The average Bonchev–Trinajstić information content (AvgIpc) is 2.89. The summed E-state index contributed by atoms with van der Waals surface area (Å²) in [5.41, 5.74) is 2.52. The molecule has 0 amide bonds. The van der Waals surface area contributed by atoms with Crippen molar-refractivity contribution in [1.82, 2.24) is 0 Å². The monoisotopic (exact) mass is 590 g/mol. The van der Waals surface area contributed by atoms with Gasteiger partial charge < -0.3 is 0 Å². The Hall–Kier alpha value is -3.61. The van der Waals surface area contributed by atoms with Gasteiger partial charge in [-0.25, -0.2) is 5.26 Å². The molecule has 0 bridgehead atoms. The zero-order chi connectivity index (χ0) is 28.2. The summed E-state index contributed by atoms with van der Waals surface area (Å²) in [6, 6.07) is 18.1. The Balaban J connectivity index is 1.71. The number of hydrogen-bond acceptors (Lipinski definition) is 12. The number of benzene rings is 4. The van der Waals surface area contributed by atoms with E-state index in [1.54, 1.807) is 24.3 Å². The van der Waals surface area contributed by atoms with Crippen LogP contribution in [0.5, 0.6) is 0 Å². The SMILES string of the molecule is Cc1ccc(N=Nc2ccc(N=Nc3cc(S(=O)(=O)O)c4cc(SOOO)cc(S(=O)(=O)O)c4c3)cc2)cc1. The third-order valence-corrected chi connectivity index (χ3v) is 7.46. The van der Waals surface area contributed by atoms with Crippen LogP contribution in [0.25, 0.3) is 10.8 Å². The van der Waals surface area contributed by atoms with E-state index in [0.29, 0.717) is 29.1 Å². The van der Waals surface area contributed by atoms with Crippen molar-refractivity contribution in [1.29, 1.82) is 0 Å². The number of nitrogens with zero attached hydrogens (tertiary/aromatic N) is 4. The van der Waals surface area contributed by atoms with Crippen molar-refractivity contribution in [2.24, 2.45) is 20.5 Å². The van der Waals surface area contributed by atoms with Gasteiger partial charge in [0.05, 0.1) is 34.8 Å². The molecule has 0 aliphatic rings. The Kier molecular flexibility index (Phi) is 8.48. The molecule has 3 N–H and O–H groups in total. The highest BCUT2D eigenvalue weighted by Gasteiger charge is 2.23. The van der Waals surface area contributed by atoms with Crippen LogP contribution in [0.15, 0.2) is 108 Å². The van der Waals surface area contributed by atoms with Crippen LogP contribution in [0.1, 0.15) is 5.56 Å². The normalized spacial score (nSPS) is 12.6. The van der Waals surface area contributed by atoms with Crippen molar-refractivity contribution < 1.29 is 40.6 Å². The van der Waals surface area contributed by atoms with E-state index in [4.69, 9.17) is 5.26 Å². The van der Waals surface area contributed by atoms with Crippen molar-refractivity contribution in [3.05, 3.63) is 78.4 Å². The highest BCUT2D eigenvalue weighted by molar-refractivity contribution is 7.94. The first-order chi connectivity index (χ1) is 18.4. The van der Waals surface area contributed by atoms with Crippen LogP contribution in [-0.4, -0.2) is 31.2 Å². The van der Waals surface area contributed by atoms with Crippen molar-refractivity contribution in [2.45, 2.75) is 21.6 Å². The molecule has 0 radical (unpaired) electrons. The molecular formula is C23H18N4O9S3. The third-order valence-electron chi connectivity index (χ3n) is 5.11. The Bertz CT molecular complexity index is 1790. The molecule has 4 aromatic rings. The van der Waals surface area contributed by atoms with Gasteiger partial charge in [0.1, 0.15) is 9.79 Å². The maximum atomic E-state index is 12.1. The van der Waals surface area contributed by atoms with E-state index in [9.17, 15) is 25.9 Å². The fourth-order valence-corrected chi connectivity index (χ4v) is 5.33. The second-order valence-electron chi connectivity index (χ2n) is 7.89. The first-order valence-electron chi connectivity index (χ1n) is 10.7. The summed E-state index contributed by atoms with van der Waals surface area (Å²) >= 11 is 0.320. The second-order valence-corrected chi connectivity index (χ2v) is 11.4. The minimum Gasteiger partial charge on any atom is -0.282 e. The Morgan fingerprint density at radius 1 is 0.641 bits per heavy atom. The van der Waals surface area contributed by atoms with Crippen LogP contribution in [0, 0.1) is 6.92 Å². The molecule has 0 unspecified atom stereocenters. The van der Waals surface area contributed by atoms with Crippen molar-refractivity contribution in [3.63, 3.8) is 0 Å². The van der Waals surface area contributed by atoms with Gasteiger partial charge in [0.15, 0.2) is 0 Å². The quantitative estimate of drug-likeness (QED) is 0.0606. The smallest absolute Gasteiger partial charge is 0.282 e. The molecule has 0 aliphatic carbocycles. The van der Waals surface area contributed by atoms with E-state index in [1.165, 1.54) is 6.07 Å². The Morgan fingerprint density at radius 3 is 1.56 bits per heavy atom. The highest BCUT2D eigenvalue weighted by Crippen LogP contribution is 2.37. The first kappa shape index (κ1) is 28.4. The average molecular weight is 591 g/mol.